The van der Waals surface area contributed by atoms with Crippen molar-refractivity contribution in [3.63, 3.8) is 0 Å². The van der Waals surface area contributed by atoms with Crippen LogP contribution in [0.5, 0.6) is 0 Å². The van der Waals surface area contributed by atoms with E-state index in [2.05, 4.69) is 36.0 Å². The summed E-state index contributed by atoms with van der Waals surface area (Å²) in [7, 11) is 0. The van der Waals surface area contributed by atoms with Crippen molar-refractivity contribution in [1.29, 1.82) is 0 Å². The summed E-state index contributed by atoms with van der Waals surface area (Å²) in [6.07, 6.45) is 1.68. The molecule has 0 saturated carbocycles. The number of nitrogens with one attached hydrogen (secondary N) is 2. The first-order chi connectivity index (χ1) is 23.2. The Hall–Kier alpha value is -5.37. The predicted molar refractivity (Wildman–Crippen MR) is 189 cm³/mol. The van der Waals surface area contributed by atoms with Crippen LogP contribution in [-0.4, -0.2) is 51.6 Å². The molecule has 3 amide bonds. The zero-order valence-corrected chi connectivity index (χ0v) is 27.7. The third-order valence-electron chi connectivity index (χ3n) is 9.84. The smallest absolute Gasteiger partial charge is 0.336 e. The second-order valence-corrected chi connectivity index (χ2v) is 12.8. The second-order valence-electron chi connectivity index (χ2n) is 12.8. The first-order valence-electron chi connectivity index (χ1n) is 16.6. The van der Waals surface area contributed by atoms with E-state index in [1.165, 1.54) is 0 Å². The van der Waals surface area contributed by atoms with E-state index in [9.17, 15) is 19.5 Å². The number of rotatable bonds is 9. The number of aromatic nitrogens is 1. The maximum Gasteiger partial charge on any atom is 0.336 e. The van der Waals surface area contributed by atoms with Gasteiger partial charge < -0.3 is 25.2 Å². The van der Waals surface area contributed by atoms with Gasteiger partial charge in [-0.1, -0.05) is 72.8 Å². The quantitative estimate of drug-likeness (QED) is 0.156. The molecule has 2 heterocycles. The predicted octanol–water partition coefficient (Wildman–Crippen LogP) is 7.41. The Bertz CT molecular complexity index is 1940. The van der Waals surface area contributed by atoms with Crippen molar-refractivity contribution in [1.82, 2.24) is 20.1 Å². The zero-order valence-electron chi connectivity index (χ0n) is 27.7. The standard InChI is InChI=1S/C40H42N4O4/c1-26-28(3)44(25-30-13-15-32(16-14-30)34-11-7-8-12-35(34)39(46)47)37-18-17-33(23-36(26)37)38(45)42-27(2)31-19-21-43(22-20-31)40(48)41-24-29-9-5-4-6-10-29/h4-18,23,27,31H,19-22,24-25H2,1-3H3,(H,41,48)(H,42,45)(H,46,47)/t27-/m0/s1. The highest BCUT2D eigenvalue weighted by Crippen LogP contribution is 2.29. The number of urea groups is 1. The molecule has 8 heteroatoms. The molecule has 8 nitrogen and oxygen atoms in total. The van der Waals surface area contributed by atoms with Crippen molar-refractivity contribution in [2.24, 2.45) is 5.92 Å². The number of carboxylic acid groups (broad SMARTS) is 1. The van der Waals surface area contributed by atoms with Crippen LogP contribution in [0.25, 0.3) is 22.0 Å². The summed E-state index contributed by atoms with van der Waals surface area (Å²) in [4.78, 5) is 39.7. The maximum absolute atomic E-state index is 13.4. The normalized spacial score (nSPS) is 14.1. The number of likely N-dealkylation sites (tertiary alicyclic amines) is 1. The molecule has 0 aliphatic carbocycles. The molecule has 0 spiro atoms. The summed E-state index contributed by atoms with van der Waals surface area (Å²) >= 11 is 0. The number of fused-ring (bicyclic) bond motifs is 1. The first kappa shape index (κ1) is 32.6. The van der Waals surface area contributed by atoms with E-state index in [1.807, 2.05) is 89.8 Å². The van der Waals surface area contributed by atoms with Crippen molar-refractivity contribution >= 4 is 28.8 Å². The second kappa shape index (κ2) is 14.2. The maximum atomic E-state index is 13.4. The van der Waals surface area contributed by atoms with E-state index in [-0.39, 0.29) is 23.5 Å². The molecule has 1 fully saturated rings. The Balaban J connectivity index is 1.07. The fourth-order valence-corrected chi connectivity index (χ4v) is 6.78. The number of nitrogens with zero attached hydrogens (tertiary/aromatic N) is 2. The van der Waals surface area contributed by atoms with E-state index in [0.717, 1.165) is 51.7 Å². The largest absolute Gasteiger partial charge is 0.478 e. The van der Waals surface area contributed by atoms with Gasteiger partial charge in [0.05, 0.1) is 5.56 Å². The van der Waals surface area contributed by atoms with Crippen LogP contribution in [-0.2, 0) is 13.1 Å². The highest BCUT2D eigenvalue weighted by atomic mass is 16.4. The molecule has 3 N–H and O–H groups in total. The number of carboxylic acids is 1. The van der Waals surface area contributed by atoms with Gasteiger partial charge in [0.2, 0.25) is 0 Å². The fraction of sp³-hybridized carbons (Fsp3) is 0.275. The van der Waals surface area contributed by atoms with Gasteiger partial charge in [-0.2, -0.15) is 0 Å². The highest BCUT2D eigenvalue weighted by molar-refractivity contribution is 5.99. The summed E-state index contributed by atoms with van der Waals surface area (Å²) < 4.78 is 2.26. The summed E-state index contributed by atoms with van der Waals surface area (Å²) in [6, 6.07) is 30.8. The minimum absolute atomic E-state index is 0.0133. The lowest BCUT2D eigenvalue weighted by molar-refractivity contribution is 0.0697. The van der Waals surface area contributed by atoms with E-state index >= 15 is 0 Å². The number of amides is 3. The van der Waals surface area contributed by atoms with Gasteiger partial charge in [-0.25, -0.2) is 9.59 Å². The Morgan fingerprint density at radius 1 is 0.854 bits per heavy atom. The first-order valence-corrected chi connectivity index (χ1v) is 16.6. The number of piperidine rings is 1. The van der Waals surface area contributed by atoms with Crippen LogP contribution >= 0.6 is 0 Å². The molecule has 1 atom stereocenters. The van der Waals surface area contributed by atoms with Crippen LogP contribution in [0.3, 0.4) is 0 Å². The summed E-state index contributed by atoms with van der Waals surface area (Å²) in [6.45, 7) is 8.75. The summed E-state index contributed by atoms with van der Waals surface area (Å²) in [5.41, 5.74) is 7.98. The number of hydrogen-bond acceptors (Lipinski definition) is 3. The summed E-state index contributed by atoms with van der Waals surface area (Å²) in [5, 5.41) is 16.9. The third-order valence-corrected chi connectivity index (χ3v) is 9.84. The van der Waals surface area contributed by atoms with E-state index < -0.39 is 5.97 Å². The van der Waals surface area contributed by atoms with E-state index in [1.54, 1.807) is 12.1 Å². The zero-order chi connectivity index (χ0) is 33.8. The lowest BCUT2D eigenvalue weighted by Gasteiger charge is -2.35. The van der Waals surface area contributed by atoms with Crippen molar-refractivity contribution < 1.29 is 19.5 Å². The molecule has 5 aromatic rings. The molecule has 0 unspecified atom stereocenters. The number of hydrogen-bond donors (Lipinski definition) is 3. The lowest BCUT2D eigenvalue weighted by Crippen LogP contribution is -2.48. The Labute approximate surface area is 281 Å². The van der Waals surface area contributed by atoms with Crippen molar-refractivity contribution in [3.8, 4) is 11.1 Å². The number of aromatic carboxylic acids is 1. The number of carbonyl (C=O) groups excluding carboxylic acids is 2. The molecule has 6 rings (SSSR count). The van der Waals surface area contributed by atoms with Crippen LogP contribution in [0.1, 0.15) is 62.9 Å². The van der Waals surface area contributed by atoms with Crippen LogP contribution in [0.2, 0.25) is 0 Å². The van der Waals surface area contributed by atoms with Gasteiger partial charge in [0.25, 0.3) is 5.91 Å². The van der Waals surface area contributed by atoms with Gasteiger partial charge in [0.15, 0.2) is 0 Å². The molecule has 246 valence electrons. The molecule has 4 aromatic carbocycles. The van der Waals surface area contributed by atoms with Crippen molar-refractivity contribution in [2.45, 2.75) is 52.7 Å². The molecule has 48 heavy (non-hydrogen) atoms. The Morgan fingerprint density at radius 3 is 2.25 bits per heavy atom. The molecule has 1 saturated heterocycles. The van der Waals surface area contributed by atoms with Crippen LogP contribution in [0.15, 0.2) is 97.1 Å². The van der Waals surface area contributed by atoms with E-state index in [4.69, 9.17) is 0 Å². The van der Waals surface area contributed by atoms with Crippen LogP contribution in [0.4, 0.5) is 4.79 Å². The monoisotopic (exact) mass is 642 g/mol. The summed E-state index contributed by atoms with van der Waals surface area (Å²) in [5.74, 6) is -0.733. The number of aryl methyl sites for hydroxylation is 1. The highest BCUT2D eigenvalue weighted by Gasteiger charge is 2.27. The van der Waals surface area contributed by atoms with Gasteiger partial charge >= 0.3 is 12.0 Å². The fourth-order valence-electron chi connectivity index (χ4n) is 6.78. The Morgan fingerprint density at radius 2 is 1.54 bits per heavy atom. The average Bonchev–Trinajstić information content (AvgIpc) is 3.35. The molecule has 1 aliphatic heterocycles. The van der Waals surface area contributed by atoms with Gasteiger partial charge in [-0.15, -0.1) is 0 Å². The van der Waals surface area contributed by atoms with Gasteiger partial charge in [-0.3, -0.25) is 4.79 Å². The molecule has 1 aromatic heterocycles. The molecule has 1 aliphatic rings. The van der Waals surface area contributed by atoms with E-state index in [0.29, 0.717) is 43.2 Å². The lowest BCUT2D eigenvalue weighted by atomic mass is 9.90. The molecular formula is C40H42N4O4. The Kier molecular flexibility index (Phi) is 9.62. The SMILES string of the molecule is Cc1c(C)n(Cc2ccc(-c3ccccc3C(=O)O)cc2)c2ccc(C(=O)N[C@@H](C)C3CCN(C(=O)NCc4ccccc4)CC3)cc12. The van der Waals surface area contributed by atoms with Crippen LogP contribution in [0, 0.1) is 19.8 Å². The minimum Gasteiger partial charge on any atom is -0.478 e. The van der Waals surface area contributed by atoms with Crippen molar-refractivity contribution in [2.75, 3.05) is 13.1 Å². The molecule has 0 bridgehead atoms. The minimum atomic E-state index is -0.941. The van der Waals surface area contributed by atoms with Crippen LogP contribution < -0.4 is 10.6 Å². The third kappa shape index (κ3) is 6.98. The topological polar surface area (TPSA) is 104 Å². The number of benzene rings is 4. The van der Waals surface area contributed by atoms with Gasteiger partial charge in [-0.05, 0) is 91.6 Å². The molecular weight excluding hydrogens is 600 g/mol. The number of carbonyl (C=O) groups is 3. The van der Waals surface area contributed by atoms with Gasteiger partial charge in [0.1, 0.15) is 0 Å². The average molecular weight is 643 g/mol. The van der Waals surface area contributed by atoms with Gasteiger partial charge in [0, 0.05) is 54.4 Å². The van der Waals surface area contributed by atoms with Crippen molar-refractivity contribution in [3.05, 3.63) is 131 Å². The molecule has 0 radical (unpaired) electrons.